The van der Waals surface area contributed by atoms with Crippen molar-refractivity contribution >= 4 is 27.5 Å². The Morgan fingerprint density at radius 2 is 1.71 bits per heavy atom. The van der Waals surface area contributed by atoms with Crippen LogP contribution in [0.4, 0.5) is 10.1 Å². The molecule has 2 rings (SSSR count). The summed E-state index contributed by atoms with van der Waals surface area (Å²) in [4.78, 5) is 27.4. The van der Waals surface area contributed by atoms with Crippen molar-refractivity contribution in [2.24, 2.45) is 0 Å². The Labute approximate surface area is 202 Å². The number of likely N-dealkylation sites (N-methyl/N-ethyl adjacent to an activating group) is 1. The summed E-state index contributed by atoms with van der Waals surface area (Å²) in [7, 11) is -3.54. The molecule has 0 saturated carbocycles. The predicted octanol–water partition coefficient (Wildman–Crippen LogP) is 3.62. The molecule has 0 aliphatic carbocycles. The van der Waals surface area contributed by atoms with Gasteiger partial charge in [0.1, 0.15) is 11.9 Å². The van der Waals surface area contributed by atoms with Crippen molar-refractivity contribution in [3.05, 3.63) is 65.5 Å². The molecule has 2 aromatic rings. The minimum absolute atomic E-state index is 0.0645. The fourth-order valence-electron chi connectivity index (χ4n) is 3.82. The number of hydrogen-bond acceptors (Lipinski definition) is 4. The Morgan fingerprint density at radius 3 is 2.26 bits per heavy atom. The highest BCUT2D eigenvalue weighted by Crippen LogP contribution is 2.23. The van der Waals surface area contributed by atoms with Gasteiger partial charge in [-0.15, -0.1) is 0 Å². The topological polar surface area (TPSA) is 86.8 Å². The lowest BCUT2D eigenvalue weighted by Crippen LogP contribution is -2.49. The van der Waals surface area contributed by atoms with Crippen molar-refractivity contribution in [2.45, 2.75) is 52.6 Å². The molecule has 0 fully saturated rings. The summed E-state index contributed by atoms with van der Waals surface area (Å²) in [6, 6.07) is 12.3. The van der Waals surface area contributed by atoms with Crippen molar-refractivity contribution in [1.82, 2.24) is 10.2 Å². The molecule has 0 saturated heterocycles. The average Bonchev–Trinajstić information content (AvgIpc) is 2.78. The number of nitrogens with one attached hydrogen (secondary N) is 1. The molecule has 0 aromatic heterocycles. The Bertz CT molecular complexity index is 1070. The summed E-state index contributed by atoms with van der Waals surface area (Å²) in [6.07, 6.45) is 1.91. The predicted molar refractivity (Wildman–Crippen MR) is 132 cm³/mol. The van der Waals surface area contributed by atoms with E-state index in [-0.39, 0.29) is 43.6 Å². The van der Waals surface area contributed by atoms with E-state index < -0.39 is 16.1 Å². The van der Waals surface area contributed by atoms with E-state index in [1.807, 2.05) is 32.9 Å². The summed E-state index contributed by atoms with van der Waals surface area (Å²) >= 11 is 0. The van der Waals surface area contributed by atoms with E-state index >= 15 is 0 Å². The van der Waals surface area contributed by atoms with Gasteiger partial charge in [0.15, 0.2) is 0 Å². The molecule has 186 valence electrons. The van der Waals surface area contributed by atoms with Crippen molar-refractivity contribution < 1.29 is 22.4 Å². The van der Waals surface area contributed by atoms with Crippen molar-refractivity contribution in [3.8, 4) is 0 Å². The fraction of sp³-hybridized carbons (Fsp3) is 0.440. The molecule has 34 heavy (non-hydrogen) atoms. The van der Waals surface area contributed by atoms with Crippen LogP contribution in [0.2, 0.25) is 0 Å². The first-order valence-corrected chi connectivity index (χ1v) is 13.3. The monoisotopic (exact) mass is 491 g/mol. The Morgan fingerprint density at radius 1 is 1.06 bits per heavy atom. The number of sulfonamides is 1. The van der Waals surface area contributed by atoms with E-state index in [2.05, 4.69) is 5.32 Å². The van der Waals surface area contributed by atoms with E-state index in [0.717, 1.165) is 11.8 Å². The van der Waals surface area contributed by atoms with Gasteiger partial charge in [-0.05, 0) is 56.0 Å². The van der Waals surface area contributed by atoms with Crippen molar-refractivity contribution in [3.63, 3.8) is 0 Å². The van der Waals surface area contributed by atoms with Gasteiger partial charge in [0, 0.05) is 26.1 Å². The lowest BCUT2D eigenvalue weighted by molar-refractivity contribution is -0.141. The average molecular weight is 492 g/mol. The van der Waals surface area contributed by atoms with Crippen LogP contribution in [-0.4, -0.2) is 50.5 Å². The number of rotatable bonds is 12. The molecule has 0 aliphatic heterocycles. The van der Waals surface area contributed by atoms with Gasteiger partial charge in [-0.2, -0.15) is 0 Å². The van der Waals surface area contributed by atoms with Gasteiger partial charge in [-0.1, -0.05) is 37.3 Å². The fourth-order valence-corrected chi connectivity index (χ4v) is 4.85. The molecule has 0 aliphatic rings. The van der Waals surface area contributed by atoms with E-state index in [1.165, 1.54) is 21.3 Å². The zero-order valence-corrected chi connectivity index (χ0v) is 21.1. The van der Waals surface area contributed by atoms with Gasteiger partial charge < -0.3 is 10.2 Å². The van der Waals surface area contributed by atoms with Gasteiger partial charge in [0.2, 0.25) is 21.8 Å². The highest BCUT2D eigenvalue weighted by molar-refractivity contribution is 7.92. The van der Waals surface area contributed by atoms with Crippen LogP contribution in [0.3, 0.4) is 0 Å². The largest absolute Gasteiger partial charge is 0.355 e. The van der Waals surface area contributed by atoms with Gasteiger partial charge >= 0.3 is 0 Å². The van der Waals surface area contributed by atoms with Crippen LogP contribution in [0.15, 0.2) is 48.5 Å². The Kier molecular flexibility index (Phi) is 10.0. The highest BCUT2D eigenvalue weighted by atomic mass is 32.2. The zero-order valence-electron chi connectivity index (χ0n) is 20.3. The molecule has 0 spiro atoms. The van der Waals surface area contributed by atoms with Crippen LogP contribution in [0.1, 0.15) is 44.2 Å². The first-order valence-electron chi connectivity index (χ1n) is 11.4. The lowest BCUT2D eigenvalue weighted by atomic mass is 10.1. The number of anilines is 1. The third-order valence-electron chi connectivity index (χ3n) is 5.54. The molecule has 1 unspecified atom stereocenters. The second kappa shape index (κ2) is 12.5. The summed E-state index contributed by atoms with van der Waals surface area (Å²) in [6.45, 7) is 6.20. The summed E-state index contributed by atoms with van der Waals surface area (Å²) in [5, 5.41) is 2.77. The van der Waals surface area contributed by atoms with Crippen molar-refractivity contribution in [1.29, 1.82) is 0 Å². The van der Waals surface area contributed by atoms with Crippen LogP contribution in [-0.2, 0) is 26.2 Å². The van der Waals surface area contributed by atoms with E-state index in [0.29, 0.717) is 24.2 Å². The molecule has 0 bridgehead atoms. The van der Waals surface area contributed by atoms with Gasteiger partial charge in [-0.25, -0.2) is 12.8 Å². The number of aryl methyl sites for hydroxylation is 1. The zero-order chi connectivity index (χ0) is 25.3. The van der Waals surface area contributed by atoms with E-state index in [1.54, 1.807) is 24.3 Å². The molecule has 0 heterocycles. The smallest absolute Gasteiger partial charge is 0.242 e. The van der Waals surface area contributed by atoms with Crippen LogP contribution < -0.4 is 9.62 Å². The molecular weight excluding hydrogens is 457 g/mol. The molecule has 9 heteroatoms. The normalized spacial score (nSPS) is 12.1. The quantitative estimate of drug-likeness (QED) is 0.491. The SMILES string of the molecule is CCNC(=O)C(CC)N(Cc1ccc(F)cc1)C(=O)CCCN(c1ccccc1C)S(C)(=O)=O. The van der Waals surface area contributed by atoms with Gasteiger partial charge in [0.05, 0.1) is 11.9 Å². The minimum atomic E-state index is -3.54. The second-order valence-corrected chi connectivity index (χ2v) is 10.1. The molecule has 2 amide bonds. The van der Waals surface area contributed by atoms with Crippen molar-refractivity contribution in [2.75, 3.05) is 23.7 Å². The third-order valence-corrected chi connectivity index (χ3v) is 6.72. The van der Waals surface area contributed by atoms with E-state index in [9.17, 15) is 22.4 Å². The molecule has 2 aromatic carbocycles. The van der Waals surface area contributed by atoms with E-state index in [4.69, 9.17) is 0 Å². The first-order chi connectivity index (χ1) is 16.1. The Balaban J connectivity index is 2.20. The molecule has 1 atom stereocenters. The number of amides is 2. The highest BCUT2D eigenvalue weighted by Gasteiger charge is 2.28. The molecule has 0 radical (unpaired) electrons. The molecular formula is C25H34FN3O4S. The lowest BCUT2D eigenvalue weighted by Gasteiger charge is -2.31. The maximum absolute atomic E-state index is 13.3. The number of halogens is 1. The van der Waals surface area contributed by atoms with Crippen LogP contribution >= 0.6 is 0 Å². The number of hydrogen-bond donors (Lipinski definition) is 1. The number of carbonyl (C=O) groups is 2. The summed E-state index contributed by atoms with van der Waals surface area (Å²) < 4.78 is 39.5. The maximum Gasteiger partial charge on any atom is 0.242 e. The maximum atomic E-state index is 13.3. The molecule has 1 N–H and O–H groups in total. The summed E-state index contributed by atoms with van der Waals surface area (Å²) in [5.41, 5.74) is 2.10. The first kappa shape index (κ1) is 27.3. The third kappa shape index (κ3) is 7.55. The number of para-hydroxylation sites is 1. The number of nitrogens with zero attached hydrogens (tertiary/aromatic N) is 2. The second-order valence-electron chi connectivity index (χ2n) is 8.19. The van der Waals surface area contributed by atoms with Crippen LogP contribution in [0.5, 0.6) is 0 Å². The van der Waals surface area contributed by atoms with Gasteiger partial charge in [0.25, 0.3) is 0 Å². The van der Waals surface area contributed by atoms with Gasteiger partial charge in [-0.3, -0.25) is 13.9 Å². The molecule has 7 nitrogen and oxygen atoms in total. The Hall–Kier alpha value is -2.94. The minimum Gasteiger partial charge on any atom is -0.355 e. The van der Waals surface area contributed by atoms with Crippen LogP contribution in [0.25, 0.3) is 0 Å². The summed E-state index contributed by atoms with van der Waals surface area (Å²) in [5.74, 6) is -0.895. The number of benzene rings is 2. The number of carbonyl (C=O) groups excluding carboxylic acids is 2. The van der Waals surface area contributed by atoms with Crippen LogP contribution in [0, 0.1) is 12.7 Å². The standard InChI is InChI=1S/C25H34FN3O4S/c1-5-22(25(31)27-6-2)28(18-20-13-15-21(26)16-14-20)24(30)12-9-17-29(34(4,32)33)23-11-8-7-10-19(23)3/h7-8,10-11,13-16,22H,5-6,9,12,17-18H2,1-4H3,(H,27,31).